The molecular formula is C10H15NO7S2. The lowest BCUT2D eigenvalue weighted by Gasteiger charge is -2.13. The molecule has 1 heterocycles. The van der Waals surface area contributed by atoms with E-state index in [1.807, 2.05) is 0 Å². The Balaban J connectivity index is 2.39. The average molecular weight is 325 g/mol. The Kier molecular flexibility index (Phi) is 5.81. The summed E-state index contributed by atoms with van der Waals surface area (Å²) in [7, 11) is -3.02. The quantitative estimate of drug-likeness (QED) is 0.539. The van der Waals surface area contributed by atoms with Crippen molar-refractivity contribution in [2.24, 2.45) is 0 Å². The molecule has 1 unspecified atom stereocenters. The van der Waals surface area contributed by atoms with Gasteiger partial charge >= 0.3 is 11.9 Å². The third-order valence-corrected chi connectivity index (χ3v) is 5.93. The van der Waals surface area contributed by atoms with Crippen molar-refractivity contribution in [3.05, 3.63) is 0 Å². The van der Waals surface area contributed by atoms with Crippen LogP contribution in [0.2, 0.25) is 0 Å². The monoisotopic (exact) mass is 325 g/mol. The molecule has 0 aromatic heterocycles. The minimum absolute atomic E-state index is 0.0163. The molecule has 0 spiro atoms. The van der Waals surface area contributed by atoms with Crippen molar-refractivity contribution in [3.63, 3.8) is 0 Å². The van der Waals surface area contributed by atoms with E-state index in [4.69, 9.17) is 10.2 Å². The number of aliphatic carboxylic acids is 2. The Labute approximate surface area is 119 Å². The molecule has 1 fully saturated rings. The van der Waals surface area contributed by atoms with Crippen LogP contribution >= 0.6 is 11.8 Å². The number of amides is 1. The minimum atomic E-state index is -3.02. The van der Waals surface area contributed by atoms with Gasteiger partial charge in [0.25, 0.3) is 0 Å². The zero-order valence-electron chi connectivity index (χ0n) is 10.4. The first-order valence-electron chi connectivity index (χ1n) is 5.75. The molecule has 20 heavy (non-hydrogen) atoms. The third kappa shape index (κ3) is 5.78. The van der Waals surface area contributed by atoms with Crippen molar-refractivity contribution in [1.82, 2.24) is 5.32 Å². The van der Waals surface area contributed by atoms with E-state index in [1.165, 1.54) is 0 Å². The van der Waals surface area contributed by atoms with Crippen molar-refractivity contribution in [3.8, 4) is 0 Å². The maximum atomic E-state index is 11.5. The van der Waals surface area contributed by atoms with Crippen molar-refractivity contribution < 1.29 is 33.0 Å². The van der Waals surface area contributed by atoms with Crippen LogP contribution in [0.4, 0.5) is 0 Å². The minimum Gasteiger partial charge on any atom is -0.481 e. The predicted molar refractivity (Wildman–Crippen MR) is 71.3 cm³/mol. The molecule has 8 nitrogen and oxygen atoms in total. The Bertz CT molecular complexity index is 502. The largest absolute Gasteiger partial charge is 0.481 e. The van der Waals surface area contributed by atoms with E-state index >= 15 is 0 Å². The molecule has 1 rings (SSSR count). The molecule has 0 radical (unpaired) electrons. The van der Waals surface area contributed by atoms with E-state index in [0.29, 0.717) is 6.42 Å². The molecule has 2 atom stereocenters. The first-order valence-corrected chi connectivity index (χ1v) is 8.62. The van der Waals surface area contributed by atoms with Gasteiger partial charge in [-0.05, 0) is 6.42 Å². The van der Waals surface area contributed by atoms with Crippen LogP contribution in [0.3, 0.4) is 0 Å². The molecular weight excluding hydrogens is 310 g/mol. The lowest BCUT2D eigenvalue weighted by Crippen LogP contribution is -2.43. The number of sulfone groups is 1. The molecule has 0 bridgehead atoms. The molecule has 1 aliphatic heterocycles. The second-order valence-corrected chi connectivity index (χ2v) is 7.91. The zero-order chi connectivity index (χ0) is 15.3. The highest BCUT2D eigenvalue weighted by Crippen LogP contribution is 2.23. The number of hydrogen-bond acceptors (Lipinski definition) is 6. The van der Waals surface area contributed by atoms with Crippen molar-refractivity contribution in [2.75, 3.05) is 17.3 Å². The molecule has 1 amide bonds. The van der Waals surface area contributed by atoms with Crippen LogP contribution in [0.1, 0.15) is 12.8 Å². The number of hydrogen-bond donors (Lipinski definition) is 3. The van der Waals surface area contributed by atoms with Crippen molar-refractivity contribution in [2.45, 2.75) is 24.1 Å². The Morgan fingerprint density at radius 3 is 2.40 bits per heavy atom. The summed E-state index contributed by atoms with van der Waals surface area (Å²) in [6, 6.07) is -1.48. The fourth-order valence-electron chi connectivity index (χ4n) is 1.70. The molecule has 10 heteroatoms. The normalized spacial score (nSPS) is 22.1. The van der Waals surface area contributed by atoms with Crippen LogP contribution < -0.4 is 5.32 Å². The first kappa shape index (κ1) is 16.8. The zero-order valence-corrected chi connectivity index (χ0v) is 12.1. The van der Waals surface area contributed by atoms with Gasteiger partial charge in [0, 0.05) is 5.25 Å². The van der Waals surface area contributed by atoms with Crippen LogP contribution in [0.25, 0.3) is 0 Å². The van der Waals surface area contributed by atoms with E-state index in [-0.39, 0.29) is 22.5 Å². The fraction of sp³-hybridized carbons (Fsp3) is 0.700. The van der Waals surface area contributed by atoms with E-state index in [2.05, 4.69) is 5.32 Å². The first-order chi connectivity index (χ1) is 9.19. The second-order valence-electron chi connectivity index (χ2n) is 4.39. The van der Waals surface area contributed by atoms with Crippen LogP contribution in [0, 0.1) is 0 Å². The van der Waals surface area contributed by atoms with Crippen LogP contribution in [-0.4, -0.2) is 65.0 Å². The SMILES string of the molecule is O=C(O)C[C@H](NC(=O)CSC1CCS(=O)(=O)C1)C(=O)O. The predicted octanol–water partition coefficient (Wildman–Crippen LogP) is -1.05. The summed E-state index contributed by atoms with van der Waals surface area (Å²) >= 11 is 1.14. The summed E-state index contributed by atoms with van der Waals surface area (Å²) in [5.41, 5.74) is 0. The van der Waals surface area contributed by atoms with E-state index in [0.717, 1.165) is 11.8 Å². The standard InChI is InChI=1S/C10H15NO7S2/c12-8(11-7(10(15)16)3-9(13)14)4-19-6-1-2-20(17,18)5-6/h6-7H,1-5H2,(H,11,12)(H,13,14)(H,15,16)/t6?,7-/m0/s1. The van der Waals surface area contributed by atoms with E-state index in [1.54, 1.807) is 0 Å². The fourth-order valence-corrected chi connectivity index (χ4v) is 5.15. The van der Waals surface area contributed by atoms with Gasteiger partial charge in [0.2, 0.25) is 5.91 Å². The maximum Gasteiger partial charge on any atom is 0.326 e. The van der Waals surface area contributed by atoms with Gasteiger partial charge in [-0.2, -0.15) is 0 Å². The summed E-state index contributed by atoms with van der Waals surface area (Å²) in [5.74, 6) is -3.34. The average Bonchev–Trinajstić information content (AvgIpc) is 2.65. The number of thioether (sulfide) groups is 1. The molecule has 0 aromatic rings. The van der Waals surface area contributed by atoms with E-state index in [9.17, 15) is 22.8 Å². The van der Waals surface area contributed by atoms with Gasteiger partial charge in [0.1, 0.15) is 6.04 Å². The number of carboxylic acid groups (broad SMARTS) is 2. The topological polar surface area (TPSA) is 138 Å². The molecule has 0 saturated carbocycles. The number of carbonyl (C=O) groups excluding carboxylic acids is 1. The summed E-state index contributed by atoms with van der Waals surface area (Å²) < 4.78 is 22.4. The van der Waals surface area contributed by atoms with Crippen LogP contribution in [-0.2, 0) is 24.2 Å². The van der Waals surface area contributed by atoms with Crippen LogP contribution in [0.15, 0.2) is 0 Å². The number of carboxylic acids is 2. The summed E-state index contributed by atoms with van der Waals surface area (Å²) in [6.45, 7) is 0. The van der Waals surface area contributed by atoms with Crippen LogP contribution in [0.5, 0.6) is 0 Å². The molecule has 1 aliphatic rings. The van der Waals surface area contributed by atoms with Gasteiger partial charge in [-0.25, -0.2) is 13.2 Å². The molecule has 1 saturated heterocycles. The molecule has 114 valence electrons. The Morgan fingerprint density at radius 1 is 1.30 bits per heavy atom. The van der Waals surface area contributed by atoms with Gasteiger partial charge in [0.05, 0.1) is 23.7 Å². The second kappa shape index (κ2) is 6.93. The molecule has 0 aromatic carbocycles. The summed E-state index contributed by atoms with van der Waals surface area (Å²) in [5, 5.41) is 19.2. The van der Waals surface area contributed by atoms with Gasteiger partial charge in [-0.1, -0.05) is 0 Å². The lowest BCUT2D eigenvalue weighted by molar-refractivity contribution is -0.147. The smallest absolute Gasteiger partial charge is 0.326 e. The van der Waals surface area contributed by atoms with Gasteiger partial charge < -0.3 is 15.5 Å². The summed E-state index contributed by atoms with van der Waals surface area (Å²) in [4.78, 5) is 32.7. The van der Waals surface area contributed by atoms with Gasteiger partial charge in [-0.3, -0.25) is 9.59 Å². The lowest BCUT2D eigenvalue weighted by atomic mass is 10.2. The highest BCUT2D eigenvalue weighted by atomic mass is 32.2. The van der Waals surface area contributed by atoms with E-state index < -0.39 is 40.1 Å². The Morgan fingerprint density at radius 2 is 1.95 bits per heavy atom. The molecule has 0 aliphatic carbocycles. The molecule has 3 N–H and O–H groups in total. The third-order valence-electron chi connectivity index (χ3n) is 2.65. The highest BCUT2D eigenvalue weighted by molar-refractivity contribution is 8.02. The number of rotatable bonds is 7. The summed E-state index contributed by atoms with van der Waals surface area (Å²) in [6.07, 6.45) is -0.235. The van der Waals surface area contributed by atoms with Crippen molar-refractivity contribution in [1.29, 1.82) is 0 Å². The maximum absolute atomic E-state index is 11.5. The number of carbonyl (C=O) groups is 3. The van der Waals surface area contributed by atoms with Gasteiger partial charge in [-0.15, -0.1) is 11.8 Å². The highest BCUT2D eigenvalue weighted by Gasteiger charge is 2.29. The van der Waals surface area contributed by atoms with Gasteiger partial charge in [0.15, 0.2) is 9.84 Å². The van der Waals surface area contributed by atoms with Crippen molar-refractivity contribution >= 4 is 39.4 Å². The number of nitrogens with one attached hydrogen (secondary N) is 1. The Hall–Kier alpha value is -1.29.